The van der Waals surface area contributed by atoms with Crippen LogP contribution >= 0.6 is 0 Å². The molecular weight excluding hydrogens is 318 g/mol. The average Bonchev–Trinajstić information content (AvgIpc) is 2.77. The van der Waals surface area contributed by atoms with Gasteiger partial charge in [-0.25, -0.2) is 4.79 Å². The van der Waals surface area contributed by atoms with Gasteiger partial charge in [-0.15, -0.1) is 0 Å². The highest BCUT2D eigenvalue weighted by Gasteiger charge is 2.62. The molecule has 0 aromatic rings. The van der Waals surface area contributed by atoms with Gasteiger partial charge < -0.3 is 14.0 Å². The number of nitrogens with zero attached hydrogens (tertiary/aromatic N) is 1. The van der Waals surface area contributed by atoms with E-state index in [1.165, 1.54) is 6.42 Å². The van der Waals surface area contributed by atoms with Crippen molar-refractivity contribution in [1.82, 2.24) is 0 Å². The van der Waals surface area contributed by atoms with Crippen LogP contribution in [0.1, 0.15) is 60.3 Å². The summed E-state index contributed by atoms with van der Waals surface area (Å²) >= 11 is 0. The maximum atomic E-state index is 12.4. The molecule has 3 atom stereocenters. The van der Waals surface area contributed by atoms with Gasteiger partial charge in [0.2, 0.25) is 0 Å². The standard InChI is InChI=1S/C20H36NO4/c1-14(2)24-18(23)13-21(6,7)11-9-17(22)25-16-12-15-8-10-20(16,5)19(15,3)4/h14-16H,8-13H2,1-7H3/q+1/t15-,16+,20+/m0/s1. The number of fused-ring (bicyclic) bond motifs is 2. The summed E-state index contributed by atoms with van der Waals surface area (Å²) in [6.45, 7) is 11.4. The molecule has 2 fully saturated rings. The van der Waals surface area contributed by atoms with Crippen molar-refractivity contribution in [2.24, 2.45) is 16.7 Å². The summed E-state index contributed by atoms with van der Waals surface area (Å²) in [7, 11) is 3.88. The summed E-state index contributed by atoms with van der Waals surface area (Å²) < 4.78 is 11.5. The van der Waals surface area contributed by atoms with Crippen LogP contribution in [0, 0.1) is 16.7 Å². The van der Waals surface area contributed by atoms with Gasteiger partial charge in [-0.3, -0.25) is 4.79 Å². The van der Waals surface area contributed by atoms with Crippen molar-refractivity contribution in [2.45, 2.75) is 72.5 Å². The van der Waals surface area contributed by atoms with E-state index in [0.717, 1.165) is 12.8 Å². The van der Waals surface area contributed by atoms with E-state index in [1.54, 1.807) is 0 Å². The zero-order chi connectivity index (χ0) is 19.0. The lowest BCUT2D eigenvalue weighted by Crippen LogP contribution is -2.46. The van der Waals surface area contributed by atoms with Crippen molar-refractivity contribution in [1.29, 1.82) is 0 Å². The SMILES string of the molecule is CC(C)OC(=O)C[N+](C)(C)CCC(=O)O[C@@H]1C[C@@H]2CC[C@@]1(C)C2(C)C. The smallest absolute Gasteiger partial charge is 0.362 e. The van der Waals surface area contributed by atoms with E-state index in [1.807, 2.05) is 27.9 Å². The molecule has 2 aliphatic rings. The van der Waals surface area contributed by atoms with E-state index in [2.05, 4.69) is 20.8 Å². The van der Waals surface area contributed by atoms with Gasteiger partial charge in [-0.05, 0) is 44.4 Å². The summed E-state index contributed by atoms with van der Waals surface area (Å²) in [6.07, 6.45) is 3.65. The molecule has 2 bridgehead atoms. The fraction of sp³-hybridized carbons (Fsp3) is 0.900. The number of hydrogen-bond acceptors (Lipinski definition) is 4. The Hall–Kier alpha value is -1.10. The van der Waals surface area contributed by atoms with Gasteiger partial charge in [-0.1, -0.05) is 20.8 Å². The second kappa shape index (κ2) is 6.90. The summed E-state index contributed by atoms with van der Waals surface area (Å²) in [5, 5.41) is 0. The predicted molar refractivity (Wildman–Crippen MR) is 96.8 cm³/mol. The molecular formula is C20H36NO4+. The molecule has 0 aromatic heterocycles. The number of esters is 2. The second-order valence-electron chi connectivity index (χ2n) is 9.70. The number of ether oxygens (including phenoxy) is 2. The molecule has 5 heteroatoms. The molecule has 0 heterocycles. The number of carbonyl (C=O) groups excluding carboxylic acids is 2. The third kappa shape index (κ3) is 4.18. The van der Waals surface area contributed by atoms with Crippen LogP contribution in [-0.4, -0.2) is 55.8 Å². The summed E-state index contributed by atoms with van der Waals surface area (Å²) in [5.74, 6) is 0.294. The van der Waals surface area contributed by atoms with Crippen LogP contribution in [-0.2, 0) is 19.1 Å². The lowest BCUT2D eigenvalue weighted by Gasteiger charge is -2.38. The fourth-order valence-electron chi connectivity index (χ4n) is 4.65. The predicted octanol–water partition coefficient (Wildman–Crippen LogP) is 3.16. The summed E-state index contributed by atoms with van der Waals surface area (Å²) in [4.78, 5) is 24.2. The molecule has 0 aromatic carbocycles. The monoisotopic (exact) mass is 354 g/mol. The van der Waals surface area contributed by atoms with Crippen molar-refractivity contribution in [2.75, 3.05) is 27.2 Å². The summed E-state index contributed by atoms with van der Waals surface area (Å²) in [5.41, 5.74) is 0.340. The molecule has 0 N–H and O–H groups in total. The second-order valence-corrected chi connectivity index (χ2v) is 9.70. The molecule has 0 saturated heterocycles. The van der Waals surface area contributed by atoms with Crippen LogP contribution < -0.4 is 0 Å². The summed E-state index contributed by atoms with van der Waals surface area (Å²) in [6, 6.07) is 0. The quantitative estimate of drug-likeness (QED) is 0.520. The van der Waals surface area contributed by atoms with Crippen LogP contribution in [0.4, 0.5) is 0 Å². The Balaban J connectivity index is 1.82. The molecule has 2 aliphatic carbocycles. The normalized spacial score (nSPS) is 30.6. The zero-order valence-electron chi connectivity index (χ0n) is 17.1. The van der Waals surface area contributed by atoms with Gasteiger partial charge in [0.15, 0.2) is 6.54 Å². The van der Waals surface area contributed by atoms with Crippen LogP contribution in [0.25, 0.3) is 0 Å². The maximum absolute atomic E-state index is 12.4. The lowest BCUT2D eigenvalue weighted by atomic mass is 9.70. The lowest BCUT2D eigenvalue weighted by molar-refractivity contribution is -0.882. The van der Waals surface area contributed by atoms with Gasteiger partial charge in [0.1, 0.15) is 6.10 Å². The Kier molecular flexibility index (Phi) is 5.58. The van der Waals surface area contributed by atoms with E-state index in [9.17, 15) is 9.59 Å². The molecule has 2 saturated carbocycles. The Labute approximate surface area is 152 Å². The van der Waals surface area contributed by atoms with Crippen molar-refractivity contribution in [3.8, 4) is 0 Å². The van der Waals surface area contributed by atoms with Crippen LogP contribution in [0.15, 0.2) is 0 Å². The first-order valence-electron chi connectivity index (χ1n) is 9.58. The van der Waals surface area contributed by atoms with Crippen molar-refractivity contribution < 1.29 is 23.5 Å². The van der Waals surface area contributed by atoms with Crippen LogP contribution in [0.5, 0.6) is 0 Å². The number of hydrogen-bond donors (Lipinski definition) is 0. The Morgan fingerprint density at radius 1 is 1.16 bits per heavy atom. The highest BCUT2D eigenvalue weighted by molar-refractivity contribution is 5.71. The first-order chi connectivity index (χ1) is 11.4. The molecule has 0 unspecified atom stereocenters. The number of rotatable bonds is 7. The maximum Gasteiger partial charge on any atom is 0.362 e. The first kappa shape index (κ1) is 20.2. The zero-order valence-corrected chi connectivity index (χ0v) is 17.1. The van der Waals surface area contributed by atoms with Gasteiger partial charge in [-0.2, -0.15) is 0 Å². The van der Waals surface area contributed by atoms with Gasteiger partial charge >= 0.3 is 11.9 Å². The van der Waals surface area contributed by atoms with E-state index < -0.39 is 0 Å². The topological polar surface area (TPSA) is 52.6 Å². The average molecular weight is 355 g/mol. The van der Waals surface area contributed by atoms with Crippen molar-refractivity contribution >= 4 is 11.9 Å². The first-order valence-corrected chi connectivity index (χ1v) is 9.58. The molecule has 0 spiro atoms. The van der Waals surface area contributed by atoms with Gasteiger partial charge in [0.05, 0.1) is 33.2 Å². The Morgan fingerprint density at radius 3 is 2.28 bits per heavy atom. The molecule has 25 heavy (non-hydrogen) atoms. The number of carbonyl (C=O) groups is 2. The van der Waals surface area contributed by atoms with E-state index >= 15 is 0 Å². The minimum atomic E-state index is -0.226. The Morgan fingerprint density at radius 2 is 1.80 bits per heavy atom. The fourth-order valence-corrected chi connectivity index (χ4v) is 4.65. The molecule has 2 rings (SSSR count). The molecule has 0 radical (unpaired) electrons. The Bertz CT molecular complexity index is 526. The highest BCUT2D eigenvalue weighted by atomic mass is 16.5. The molecule has 0 aliphatic heterocycles. The van der Waals surface area contributed by atoms with Gasteiger partial charge in [0, 0.05) is 5.41 Å². The molecule has 144 valence electrons. The van der Waals surface area contributed by atoms with Crippen LogP contribution in [0.3, 0.4) is 0 Å². The minimum absolute atomic E-state index is 0.0373. The minimum Gasteiger partial charge on any atom is -0.462 e. The van der Waals surface area contributed by atoms with Crippen LogP contribution in [0.2, 0.25) is 0 Å². The van der Waals surface area contributed by atoms with E-state index in [-0.39, 0.29) is 41.5 Å². The number of quaternary nitrogens is 1. The largest absolute Gasteiger partial charge is 0.462 e. The molecule has 5 nitrogen and oxygen atoms in total. The third-order valence-electron chi connectivity index (χ3n) is 6.83. The number of likely N-dealkylation sites (N-methyl/N-ethyl adjacent to an activating group) is 1. The highest BCUT2D eigenvalue weighted by Crippen LogP contribution is 2.66. The van der Waals surface area contributed by atoms with Crippen molar-refractivity contribution in [3.63, 3.8) is 0 Å². The molecule has 0 amide bonds. The van der Waals surface area contributed by atoms with E-state index in [4.69, 9.17) is 9.47 Å². The van der Waals surface area contributed by atoms with Crippen molar-refractivity contribution in [3.05, 3.63) is 0 Å². The van der Waals surface area contributed by atoms with E-state index in [0.29, 0.717) is 23.4 Å². The third-order valence-corrected chi connectivity index (χ3v) is 6.83. The van der Waals surface area contributed by atoms with Gasteiger partial charge in [0.25, 0.3) is 0 Å².